The molecule has 1 aromatic carbocycles. The Kier molecular flexibility index (Phi) is 4.70. The molecular formula is C21H25NO4. The third-order valence-electron chi connectivity index (χ3n) is 6.00. The molecule has 1 aliphatic heterocycles. The number of hydrogen-bond acceptors (Lipinski definition) is 4. The fourth-order valence-corrected chi connectivity index (χ4v) is 4.48. The van der Waals surface area contributed by atoms with E-state index >= 15 is 0 Å². The predicted octanol–water partition coefficient (Wildman–Crippen LogP) is 3.94. The number of fused-ring (bicyclic) bond motifs is 2. The molecule has 1 aliphatic carbocycles. The molecule has 138 valence electrons. The Morgan fingerprint density at radius 3 is 2.73 bits per heavy atom. The van der Waals surface area contributed by atoms with Crippen LogP contribution >= 0.6 is 0 Å². The van der Waals surface area contributed by atoms with Crippen LogP contribution in [0, 0.1) is 18.8 Å². The van der Waals surface area contributed by atoms with Crippen LogP contribution in [0.3, 0.4) is 0 Å². The number of benzene rings is 1. The summed E-state index contributed by atoms with van der Waals surface area (Å²) in [6.45, 7) is 3.21. The number of piperidine rings is 1. The summed E-state index contributed by atoms with van der Waals surface area (Å²) >= 11 is 0. The zero-order chi connectivity index (χ0) is 18.1. The molecule has 2 heterocycles. The van der Waals surface area contributed by atoms with Gasteiger partial charge in [0.05, 0.1) is 0 Å². The van der Waals surface area contributed by atoms with Crippen molar-refractivity contribution in [2.45, 2.75) is 39.0 Å². The number of nitrogens with zero attached hydrogens (tertiary/aromatic N) is 1. The molecule has 2 atom stereocenters. The maximum absolute atomic E-state index is 12.5. The molecule has 4 rings (SSSR count). The van der Waals surface area contributed by atoms with Gasteiger partial charge in [0.15, 0.2) is 6.61 Å². The minimum Gasteiger partial charge on any atom is -0.450 e. The van der Waals surface area contributed by atoms with Crippen LogP contribution in [0.15, 0.2) is 28.7 Å². The highest BCUT2D eigenvalue weighted by Gasteiger charge is 2.33. The van der Waals surface area contributed by atoms with Crippen LogP contribution in [-0.2, 0) is 9.53 Å². The van der Waals surface area contributed by atoms with Crippen molar-refractivity contribution in [2.24, 2.45) is 11.8 Å². The molecule has 1 aromatic heterocycles. The largest absolute Gasteiger partial charge is 0.450 e. The molecule has 1 saturated heterocycles. The van der Waals surface area contributed by atoms with Gasteiger partial charge in [-0.15, -0.1) is 0 Å². The minimum atomic E-state index is -0.570. The zero-order valence-corrected chi connectivity index (χ0v) is 15.2. The molecule has 5 nitrogen and oxygen atoms in total. The smallest absolute Gasteiger partial charge is 0.375 e. The normalized spacial score (nSPS) is 22.9. The minimum absolute atomic E-state index is 0.101. The number of likely N-dealkylation sites (tertiary alicyclic amines) is 1. The fourth-order valence-electron chi connectivity index (χ4n) is 4.48. The van der Waals surface area contributed by atoms with E-state index < -0.39 is 5.97 Å². The molecule has 5 heteroatoms. The molecule has 0 spiro atoms. The Morgan fingerprint density at radius 2 is 1.92 bits per heavy atom. The molecule has 0 N–H and O–H groups in total. The highest BCUT2D eigenvalue weighted by Crippen LogP contribution is 2.36. The predicted molar refractivity (Wildman–Crippen MR) is 97.9 cm³/mol. The van der Waals surface area contributed by atoms with Gasteiger partial charge in [0.25, 0.3) is 5.91 Å². The molecule has 2 fully saturated rings. The first-order valence-corrected chi connectivity index (χ1v) is 9.56. The number of aryl methyl sites for hydroxylation is 1. The molecule has 2 aromatic rings. The maximum atomic E-state index is 12.5. The van der Waals surface area contributed by atoms with E-state index in [4.69, 9.17) is 9.15 Å². The van der Waals surface area contributed by atoms with Crippen molar-refractivity contribution in [3.63, 3.8) is 0 Å². The quantitative estimate of drug-likeness (QED) is 0.783. The molecular weight excluding hydrogens is 330 g/mol. The Balaban J connectivity index is 1.36. The summed E-state index contributed by atoms with van der Waals surface area (Å²) in [6.07, 6.45) is 6.18. The van der Waals surface area contributed by atoms with Gasteiger partial charge in [-0.3, -0.25) is 4.79 Å². The summed E-state index contributed by atoms with van der Waals surface area (Å²) in [4.78, 5) is 26.7. The molecule has 0 radical (unpaired) electrons. The first kappa shape index (κ1) is 17.1. The van der Waals surface area contributed by atoms with Gasteiger partial charge in [-0.2, -0.15) is 0 Å². The van der Waals surface area contributed by atoms with E-state index in [0.29, 0.717) is 11.5 Å². The van der Waals surface area contributed by atoms with E-state index in [0.717, 1.165) is 36.4 Å². The van der Waals surface area contributed by atoms with Gasteiger partial charge in [-0.25, -0.2) is 4.79 Å². The molecule has 1 amide bonds. The second-order valence-corrected chi connectivity index (χ2v) is 7.56. The van der Waals surface area contributed by atoms with Gasteiger partial charge < -0.3 is 14.1 Å². The van der Waals surface area contributed by atoms with Gasteiger partial charge in [0.1, 0.15) is 5.58 Å². The number of esters is 1. The maximum Gasteiger partial charge on any atom is 0.375 e. The van der Waals surface area contributed by atoms with E-state index in [1.165, 1.54) is 25.7 Å². The Morgan fingerprint density at radius 1 is 1.15 bits per heavy atom. The van der Waals surface area contributed by atoms with Gasteiger partial charge in [-0.1, -0.05) is 37.5 Å². The second kappa shape index (κ2) is 7.14. The summed E-state index contributed by atoms with van der Waals surface area (Å²) in [5.74, 6) is 0.907. The van der Waals surface area contributed by atoms with Crippen molar-refractivity contribution in [3.8, 4) is 0 Å². The summed E-state index contributed by atoms with van der Waals surface area (Å²) < 4.78 is 10.9. The lowest BCUT2D eigenvalue weighted by Crippen LogP contribution is -2.46. The number of rotatable bonds is 3. The monoisotopic (exact) mass is 355 g/mol. The van der Waals surface area contributed by atoms with Crippen LogP contribution in [0.25, 0.3) is 11.0 Å². The van der Waals surface area contributed by atoms with Crippen molar-refractivity contribution in [1.82, 2.24) is 4.90 Å². The summed E-state index contributed by atoms with van der Waals surface area (Å²) in [7, 11) is 0. The average Bonchev–Trinajstić information content (AvgIpc) is 3.02. The van der Waals surface area contributed by atoms with E-state index in [2.05, 4.69) is 0 Å². The van der Waals surface area contributed by atoms with Gasteiger partial charge >= 0.3 is 5.97 Å². The van der Waals surface area contributed by atoms with Crippen molar-refractivity contribution in [3.05, 3.63) is 35.6 Å². The second-order valence-electron chi connectivity index (χ2n) is 7.56. The van der Waals surface area contributed by atoms with Crippen LogP contribution in [0.1, 0.15) is 48.2 Å². The van der Waals surface area contributed by atoms with E-state index in [1.807, 2.05) is 36.1 Å². The average molecular weight is 355 g/mol. The molecule has 0 bridgehead atoms. The van der Waals surface area contributed by atoms with Crippen LogP contribution in [0.2, 0.25) is 0 Å². The highest BCUT2D eigenvalue weighted by atomic mass is 16.5. The van der Waals surface area contributed by atoms with Crippen LogP contribution in [-0.4, -0.2) is 36.5 Å². The summed E-state index contributed by atoms with van der Waals surface area (Å²) in [5.41, 5.74) is 1.41. The molecule has 2 aliphatic rings. The first-order valence-electron chi connectivity index (χ1n) is 9.56. The van der Waals surface area contributed by atoms with Gasteiger partial charge in [-0.05, 0) is 37.7 Å². The fraction of sp³-hybridized carbons (Fsp3) is 0.524. The number of amides is 1. The first-order chi connectivity index (χ1) is 12.6. The number of ether oxygens (including phenoxy) is 1. The zero-order valence-electron chi connectivity index (χ0n) is 15.2. The van der Waals surface area contributed by atoms with Gasteiger partial charge in [0.2, 0.25) is 5.76 Å². The number of furan rings is 1. The van der Waals surface area contributed by atoms with E-state index in [1.54, 1.807) is 0 Å². The number of para-hydroxylation sites is 1. The van der Waals surface area contributed by atoms with E-state index in [-0.39, 0.29) is 18.3 Å². The highest BCUT2D eigenvalue weighted by molar-refractivity contribution is 5.96. The number of carbonyl (C=O) groups excluding carboxylic acids is 2. The van der Waals surface area contributed by atoms with Crippen molar-refractivity contribution < 1.29 is 18.7 Å². The lowest BCUT2D eigenvalue weighted by Gasteiger charge is -2.41. The third kappa shape index (κ3) is 3.22. The van der Waals surface area contributed by atoms with Crippen molar-refractivity contribution in [2.75, 3.05) is 19.7 Å². The van der Waals surface area contributed by atoms with Crippen LogP contribution in [0.5, 0.6) is 0 Å². The summed E-state index contributed by atoms with van der Waals surface area (Å²) in [5, 5.41) is 0.894. The van der Waals surface area contributed by atoms with E-state index in [9.17, 15) is 9.59 Å². The van der Waals surface area contributed by atoms with Crippen molar-refractivity contribution >= 4 is 22.8 Å². The molecule has 1 saturated carbocycles. The van der Waals surface area contributed by atoms with Crippen LogP contribution < -0.4 is 0 Å². The molecule has 0 unspecified atom stereocenters. The lowest BCUT2D eigenvalue weighted by molar-refractivity contribution is -0.137. The Hall–Kier alpha value is -2.30. The standard InChI is InChI=1S/C21H25NO4/c1-14-17-8-4-5-9-18(17)26-20(14)21(24)25-13-19(23)22-11-10-15-6-2-3-7-16(15)12-22/h4-5,8-9,15-16H,2-3,6-7,10-13H2,1H3/t15-,16+/m0/s1. The third-order valence-corrected chi connectivity index (χ3v) is 6.00. The van der Waals surface area contributed by atoms with Gasteiger partial charge in [0, 0.05) is 24.0 Å². The number of hydrogen-bond donors (Lipinski definition) is 0. The van der Waals surface area contributed by atoms with Crippen LogP contribution in [0.4, 0.5) is 0 Å². The molecule has 26 heavy (non-hydrogen) atoms. The Labute approximate surface area is 153 Å². The topological polar surface area (TPSA) is 59.8 Å². The van der Waals surface area contributed by atoms with Crippen molar-refractivity contribution in [1.29, 1.82) is 0 Å². The number of carbonyl (C=O) groups is 2. The lowest BCUT2D eigenvalue weighted by atomic mass is 9.75. The summed E-state index contributed by atoms with van der Waals surface area (Å²) in [6, 6.07) is 7.49. The Bertz CT molecular complexity index is 825. The SMILES string of the molecule is Cc1c(C(=O)OCC(=O)N2CC[C@@H]3CCCC[C@@H]3C2)oc2ccccc12.